The zero-order valence-electron chi connectivity index (χ0n) is 8.81. The monoisotopic (exact) mass is 202 g/mol. The van der Waals surface area contributed by atoms with Crippen LogP contribution in [-0.4, -0.2) is 18.2 Å². The van der Waals surface area contributed by atoms with Gasteiger partial charge in [0.05, 0.1) is 36.3 Å². The molecule has 1 aromatic heterocycles. The van der Waals surface area contributed by atoms with Gasteiger partial charge in [-0.25, -0.2) is 0 Å². The molecule has 0 amide bonds. The summed E-state index contributed by atoms with van der Waals surface area (Å²) in [7, 11) is 0. The molecule has 2 heterocycles. The topological polar surface area (TPSA) is 45.9 Å². The summed E-state index contributed by atoms with van der Waals surface area (Å²) in [6.07, 6.45) is 2.62. The summed E-state index contributed by atoms with van der Waals surface area (Å²) in [5.41, 5.74) is 0.828. The molecule has 3 heteroatoms. The van der Waals surface area contributed by atoms with Crippen molar-refractivity contribution in [2.24, 2.45) is 5.92 Å². The van der Waals surface area contributed by atoms with Gasteiger partial charge in [-0.2, -0.15) is 5.26 Å². The third kappa shape index (κ3) is 1.51. The number of rotatable bonds is 3. The predicted molar refractivity (Wildman–Crippen MR) is 56.1 cm³/mol. The van der Waals surface area contributed by atoms with E-state index in [-0.39, 0.29) is 11.3 Å². The quantitative estimate of drug-likeness (QED) is 0.752. The Morgan fingerprint density at radius 1 is 1.60 bits per heavy atom. The van der Waals surface area contributed by atoms with Crippen molar-refractivity contribution in [1.29, 1.82) is 5.26 Å². The number of hydrogen-bond donors (Lipinski definition) is 0. The molecule has 0 aromatic carbocycles. The van der Waals surface area contributed by atoms with Crippen LogP contribution in [0.1, 0.15) is 19.0 Å². The highest BCUT2D eigenvalue weighted by Gasteiger charge is 2.47. The van der Waals surface area contributed by atoms with E-state index in [9.17, 15) is 0 Å². The highest BCUT2D eigenvalue weighted by Crippen LogP contribution is 2.39. The minimum Gasteiger partial charge on any atom is -0.379 e. The van der Waals surface area contributed by atoms with Crippen LogP contribution in [0.4, 0.5) is 0 Å². The van der Waals surface area contributed by atoms with E-state index in [1.807, 2.05) is 25.1 Å². The van der Waals surface area contributed by atoms with Crippen molar-refractivity contribution in [2.45, 2.75) is 18.8 Å². The minimum atomic E-state index is -0.162. The van der Waals surface area contributed by atoms with Gasteiger partial charge in [0, 0.05) is 6.20 Å². The van der Waals surface area contributed by atoms with Gasteiger partial charge in [-0.1, -0.05) is 13.0 Å². The first-order valence-electron chi connectivity index (χ1n) is 5.22. The molecule has 0 aliphatic carbocycles. The Labute approximate surface area is 89.7 Å². The highest BCUT2D eigenvalue weighted by atomic mass is 16.5. The second-order valence-corrected chi connectivity index (χ2v) is 3.95. The van der Waals surface area contributed by atoms with Gasteiger partial charge in [-0.15, -0.1) is 0 Å². The molecule has 1 aromatic rings. The van der Waals surface area contributed by atoms with E-state index < -0.39 is 0 Å². The van der Waals surface area contributed by atoms with Crippen molar-refractivity contribution >= 4 is 0 Å². The van der Waals surface area contributed by atoms with Crippen molar-refractivity contribution < 1.29 is 4.74 Å². The minimum absolute atomic E-state index is 0.00106. The van der Waals surface area contributed by atoms with Gasteiger partial charge in [-0.05, 0) is 18.6 Å². The second kappa shape index (κ2) is 4.00. The Hall–Kier alpha value is -1.40. The van der Waals surface area contributed by atoms with E-state index in [1.165, 1.54) is 0 Å². The average molecular weight is 202 g/mol. The zero-order chi connectivity index (χ0) is 10.7. The number of hydrogen-bond acceptors (Lipinski definition) is 3. The number of nitrogens with zero attached hydrogens (tertiary/aromatic N) is 2. The van der Waals surface area contributed by atoms with Crippen LogP contribution in [0.3, 0.4) is 0 Å². The van der Waals surface area contributed by atoms with E-state index in [1.54, 1.807) is 6.20 Å². The summed E-state index contributed by atoms with van der Waals surface area (Å²) < 4.78 is 5.29. The third-order valence-corrected chi connectivity index (χ3v) is 3.13. The van der Waals surface area contributed by atoms with E-state index in [0.717, 1.165) is 12.1 Å². The lowest BCUT2D eigenvalue weighted by Gasteiger charge is -2.43. The number of nitriles is 1. The maximum absolute atomic E-state index is 9.15. The zero-order valence-corrected chi connectivity index (χ0v) is 8.81. The highest BCUT2D eigenvalue weighted by molar-refractivity contribution is 5.25. The molecule has 1 fully saturated rings. The second-order valence-electron chi connectivity index (χ2n) is 3.95. The number of aromatic nitrogens is 1. The molecule has 1 atom stereocenters. The molecule has 0 N–H and O–H groups in total. The molecule has 1 saturated heterocycles. The van der Waals surface area contributed by atoms with Crippen LogP contribution in [0.5, 0.6) is 0 Å². The normalized spacial score (nSPS) is 20.0. The molecular formula is C12H14N2O. The van der Waals surface area contributed by atoms with E-state index >= 15 is 0 Å². The Morgan fingerprint density at radius 2 is 2.40 bits per heavy atom. The van der Waals surface area contributed by atoms with Crippen molar-refractivity contribution in [3.8, 4) is 6.07 Å². The van der Waals surface area contributed by atoms with Gasteiger partial charge < -0.3 is 4.74 Å². The molecule has 2 rings (SSSR count). The van der Waals surface area contributed by atoms with Gasteiger partial charge in [0.1, 0.15) is 0 Å². The Kier molecular flexibility index (Phi) is 2.70. The maximum Gasteiger partial charge on any atom is 0.0750 e. The maximum atomic E-state index is 9.15. The van der Waals surface area contributed by atoms with Crippen LogP contribution in [-0.2, 0) is 10.2 Å². The van der Waals surface area contributed by atoms with Crippen molar-refractivity contribution in [3.05, 3.63) is 30.1 Å². The molecule has 1 aliphatic heterocycles. The van der Waals surface area contributed by atoms with Gasteiger partial charge >= 0.3 is 0 Å². The van der Waals surface area contributed by atoms with Crippen LogP contribution in [0, 0.1) is 17.2 Å². The van der Waals surface area contributed by atoms with Crippen LogP contribution < -0.4 is 0 Å². The third-order valence-electron chi connectivity index (χ3n) is 3.13. The van der Waals surface area contributed by atoms with Crippen LogP contribution in [0.15, 0.2) is 24.4 Å². The standard InChI is InChI=1S/C12H14N2O/c1-2-10(7-13)12(8-15-9-12)11-5-3-4-6-14-11/h3-6,10H,2,8-9H2,1H3. The van der Waals surface area contributed by atoms with E-state index in [2.05, 4.69) is 11.1 Å². The van der Waals surface area contributed by atoms with Crippen molar-refractivity contribution in [1.82, 2.24) is 4.98 Å². The fraction of sp³-hybridized carbons (Fsp3) is 0.500. The molecule has 1 unspecified atom stereocenters. The molecule has 0 radical (unpaired) electrons. The lowest BCUT2D eigenvalue weighted by Crippen LogP contribution is -2.52. The Bertz CT molecular complexity index is 365. The Balaban J connectivity index is 2.34. The SMILES string of the molecule is CCC(C#N)C1(c2ccccn2)COC1. The first-order chi connectivity index (χ1) is 7.33. The van der Waals surface area contributed by atoms with Gasteiger partial charge in [0.15, 0.2) is 0 Å². The molecular weight excluding hydrogens is 188 g/mol. The molecule has 0 saturated carbocycles. The smallest absolute Gasteiger partial charge is 0.0750 e. The molecule has 78 valence electrons. The fourth-order valence-electron chi connectivity index (χ4n) is 2.11. The molecule has 3 nitrogen and oxygen atoms in total. The van der Waals surface area contributed by atoms with Crippen LogP contribution in [0.25, 0.3) is 0 Å². The fourth-order valence-corrected chi connectivity index (χ4v) is 2.11. The van der Waals surface area contributed by atoms with Crippen LogP contribution >= 0.6 is 0 Å². The predicted octanol–water partition coefficient (Wildman–Crippen LogP) is 1.90. The van der Waals surface area contributed by atoms with Crippen LogP contribution in [0.2, 0.25) is 0 Å². The first kappa shape index (κ1) is 10.1. The summed E-state index contributed by atoms with van der Waals surface area (Å²) in [6, 6.07) is 8.22. The summed E-state index contributed by atoms with van der Waals surface area (Å²) in [4.78, 5) is 4.36. The van der Waals surface area contributed by atoms with Gasteiger partial charge in [0.25, 0.3) is 0 Å². The Morgan fingerprint density at radius 3 is 2.80 bits per heavy atom. The molecule has 1 aliphatic rings. The lowest BCUT2D eigenvalue weighted by molar-refractivity contribution is -0.0826. The van der Waals surface area contributed by atoms with E-state index in [0.29, 0.717) is 13.2 Å². The molecule has 15 heavy (non-hydrogen) atoms. The first-order valence-corrected chi connectivity index (χ1v) is 5.22. The molecule has 0 spiro atoms. The number of pyridine rings is 1. The average Bonchev–Trinajstić information content (AvgIpc) is 2.24. The summed E-state index contributed by atoms with van der Waals surface area (Å²) in [6.45, 7) is 3.28. The van der Waals surface area contributed by atoms with Crippen molar-refractivity contribution in [2.75, 3.05) is 13.2 Å². The van der Waals surface area contributed by atoms with Crippen molar-refractivity contribution in [3.63, 3.8) is 0 Å². The summed E-state index contributed by atoms with van der Waals surface area (Å²) in [5, 5.41) is 9.15. The summed E-state index contributed by atoms with van der Waals surface area (Å²) >= 11 is 0. The molecule has 0 bridgehead atoms. The largest absolute Gasteiger partial charge is 0.379 e. The lowest BCUT2D eigenvalue weighted by atomic mass is 9.70. The van der Waals surface area contributed by atoms with Gasteiger partial charge in [-0.3, -0.25) is 4.98 Å². The number of ether oxygens (including phenoxy) is 1. The summed E-state index contributed by atoms with van der Waals surface area (Å²) in [5.74, 6) is 0.00106. The van der Waals surface area contributed by atoms with E-state index in [4.69, 9.17) is 10.00 Å². The van der Waals surface area contributed by atoms with Gasteiger partial charge in [0.2, 0.25) is 0 Å².